The molecule has 1 unspecified atom stereocenters. The molecule has 0 aliphatic carbocycles. The van der Waals surface area contributed by atoms with Gasteiger partial charge in [-0.2, -0.15) is 13.2 Å². The van der Waals surface area contributed by atoms with Gasteiger partial charge in [0.2, 0.25) is 0 Å². The minimum absolute atomic E-state index is 0.441. The molecule has 0 fully saturated rings. The van der Waals surface area contributed by atoms with Gasteiger partial charge in [0, 0.05) is 25.5 Å². The lowest BCUT2D eigenvalue weighted by molar-refractivity contribution is -0.128. The maximum absolute atomic E-state index is 12.9. The minimum Gasteiger partial charge on any atom is -0.331 e. The number of rotatable bonds is 5. The molecule has 1 rings (SSSR count). The molecule has 0 heterocycles. The molecular weight excluding hydrogens is 293 g/mol. The van der Waals surface area contributed by atoms with Crippen molar-refractivity contribution in [2.24, 2.45) is 4.99 Å². The van der Waals surface area contributed by atoms with E-state index in [1.165, 1.54) is 18.3 Å². The second kappa shape index (κ2) is 6.25. The third-order valence-corrected chi connectivity index (χ3v) is 4.04. The summed E-state index contributed by atoms with van der Waals surface area (Å²) in [5.41, 5.74) is 0.441. The number of benzene rings is 1. The molecule has 0 amide bonds. The highest BCUT2D eigenvalue weighted by Crippen LogP contribution is 2.27. The van der Waals surface area contributed by atoms with Gasteiger partial charge >= 0.3 is 6.18 Å². The van der Waals surface area contributed by atoms with Crippen LogP contribution in [0, 0.1) is 0 Å². The van der Waals surface area contributed by atoms with Gasteiger partial charge in [0.1, 0.15) is 0 Å². The van der Waals surface area contributed by atoms with Gasteiger partial charge in [-0.3, -0.25) is 4.99 Å². The molecule has 1 atom stereocenters. The summed E-state index contributed by atoms with van der Waals surface area (Å²) >= 11 is 0. The zero-order valence-electron chi connectivity index (χ0n) is 11.0. The highest BCUT2D eigenvalue weighted by Gasteiger charge is 2.47. The molecule has 0 bridgehead atoms. The number of anilines is 1. The van der Waals surface area contributed by atoms with Crippen LogP contribution in [0.1, 0.15) is 0 Å². The van der Waals surface area contributed by atoms with Crippen LogP contribution in [-0.4, -0.2) is 46.0 Å². The van der Waals surface area contributed by atoms with Crippen molar-refractivity contribution in [2.45, 2.75) is 11.4 Å². The van der Waals surface area contributed by atoms with E-state index in [9.17, 15) is 21.6 Å². The van der Waals surface area contributed by atoms with Crippen LogP contribution in [0.4, 0.5) is 18.9 Å². The minimum atomic E-state index is -4.83. The molecule has 20 heavy (non-hydrogen) atoms. The SMILES string of the molecule is CN=CN(CC(C(F)(F)F)S(C)(=O)=O)c1ccccc1. The summed E-state index contributed by atoms with van der Waals surface area (Å²) in [7, 11) is -2.87. The summed E-state index contributed by atoms with van der Waals surface area (Å²) in [6, 6.07) is 8.17. The van der Waals surface area contributed by atoms with Crippen molar-refractivity contribution in [3.05, 3.63) is 30.3 Å². The van der Waals surface area contributed by atoms with Gasteiger partial charge in [0.25, 0.3) is 0 Å². The Morgan fingerprint density at radius 1 is 1.30 bits per heavy atom. The number of para-hydroxylation sites is 1. The standard InChI is InChI=1S/C12H15F3N2O2S/c1-16-9-17(10-6-4-3-5-7-10)8-11(12(13,14)15)20(2,18)19/h3-7,9,11H,8H2,1-2H3. The largest absolute Gasteiger partial charge is 0.407 e. The fourth-order valence-electron chi connectivity index (χ4n) is 1.64. The fraction of sp³-hybridized carbons (Fsp3) is 0.417. The van der Waals surface area contributed by atoms with Gasteiger partial charge in [0.15, 0.2) is 15.1 Å². The molecule has 0 radical (unpaired) electrons. The van der Waals surface area contributed by atoms with Crippen molar-refractivity contribution >= 4 is 21.9 Å². The Kier molecular flexibility index (Phi) is 5.15. The first-order chi connectivity index (χ1) is 9.16. The number of hydrogen-bond donors (Lipinski definition) is 0. The van der Waals surface area contributed by atoms with E-state index in [2.05, 4.69) is 4.99 Å². The first kappa shape index (κ1) is 16.5. The third-order valence-electron chi connectivity index (χ3n) is 2.59. The molecule has 0 saturated carbocycles. The lowest BCUT2D eigenvalue weighted by Gasteiger charge is -2.26. The Hall–Kier alpha value is -1.57. The summed E-state index contributed by atoms with van der Waals surface area (Å²) in [4.78, 5) is 4.83. The van der Waals surface area contributed by atoms with E-state index >= 15 is 0 Å². The number of alkyl halides is 3. The molecule has 0 spiro atoms. The monoisotopic (exact) mass is 308 g/mol. The maximum Gasteiger partial charge on any atom is 0.407 e. The zero-order valence-corrected chi connectivity index (χ0v) is 11.8. The Labute approximate surface area is 115 Å². The van der Waals surface area contributed by atoms with Crippen molar-refractivity contribution in [1.82, 2.24) is 0 Å². The molecule has 1 aromatic rings. The van der Waals surface area contributed by atoms with Crippen molar-refractivity contribution in [3.8, 4) is 0 Å². The number of aliphatic imine (C=N–C) groups is 1. The van der Waals surface area contributed by atoms with E-state index in [0.717, 1.165) is 0 Å². The highest BCUT2D eigenvalue weighted by molar-refractivity contribution is 7.91. The molecule has 0 saturated heterocycles. The maximum atomic E-state index is 12.9. The van der Waals surface area contributed by atoms with Crippen LogP contribution in [0.15, 0.2) is 35.3 Å². The Morgan fingerprint density at radius 2 is 1.85 bits per heavy atom. The molecule has 8 heteroatoms. The van der Waals surface area contributed by atoms with Crippen molar-refractivity contribution < 1.29 is 21.6 Å². The second-order valence-electron chi connectivity index (χ2n) is 4.22. The lowest BCUT2D eigenvalue weighted by atomic mass is 10.3. The number of sulfone groups is 1. The van der Waals surface area contributed by atoms with Gasteiger partial charge in [-0.15, -0.1) is 0 Å². The molecule has 0 aliphatic heterocycles. The highest BCUT2D eigenvalue weighted by atomic mass is 32.2. The fourth-order valence-corrected chi connectivity index (χ4v) is 2.56. The van der Waals surface area contributed by atoms with E-state index in [0.29, 0.717) is 11.9 Å². The molecule has 0 aromatic heterocycles. The smallest absolute Gasteiger partial charge is 0.331 e. The quantitative estimate of drug-likeness (QED) is 0.618. The van der Waals surface area contributed by atoms with Gasteiger partial charge in [-0.1, -0.05) is 18.2 Å². The first-order valence-electron chi connectivity index (χ1n) is 5.66. The Balaban J connectivity index is 3.12. The lowest BCUT2D eigenvalue weighted by Crippen LogP contribution is -2.45. The molecular formula is C12H15F3N2O2S. The van der Waals surface area contributed by atoms with E-state index in [1.807, 2.05) is 0 Å². The van der Waals surface area contributed by atoms with E-state index in [-0.39, 0.29) is 0 Å². The predicted octanol–water partition coefficient (Wildman–Crippen LogP) is 2.13. The topological polar surface area (TPSA) is 49.7 Å². The predicted molar refractivity (Wildman–Crippen MR) is 72.9 cm³/mol. The number of halogens is 3. The van der Waals surface area contributed by atoms with Gasteiger partial charge in [0.05, 0.1) is 6.34 Å². The molecule has 112 valence electrons. The average molecular weight is 308 g/mol. The van der Waals surface area contributed by atoms with Crippen LogP contribution in [0.2, 0.25) is 0 Å². The average Bonchev–Trinajstić information content (AvgIpc) is 2.32. The Morgan fingerprint density at radius 3 is 2.25 bits per heavy atom. The number of hydrogen-bond acceptors (Lipinski definition) is 3. The third kappa shape index (κ3) is 4.52. The van der Waals surface area contributed by atoms with Crippen LogP contribution in [-0.2, 0) is 9.84 Å². The normalized spacial score (nSPS) is 14.4. The number of nitrogens with zero attached hydrogens (tertiary/aromatic N) is 2. The zero-order chi connectivity index (χ0) is 15.4. The summed E-state index contributed by atoms with van der Waals surface area (Å²) in [5.74, 6) is 0. The van der Waals surface area contributed by atoms with Gasteiger partial charge < -0.3 is 4.90 Å². The van der Waals surface area contributed by atoms with Crippen molar-refractivity contribution in [1.29, 1.82) is 0 Å². The van der Waals surface area contributed by atoms with Crippen LogP contribution in [0.25, 0.3) is 0 Å². The summed E-state index contributed by atoms with van der Waals surface area (Å²) in [6.45, 7) is -0.732. The summed E-state index contributed by atoms with van der Waals surface area (Å²) in [5, 5.41) is -2.46. The van der Waals surface area contributed by atoms with Crippen LogP contribution in [0.5, 0.6) is 0 Å². The first-order valence-corrected chi connectivity index (χ1v) is 7.61. The molecule has 1 aromatic carbocycles. The van der Waals surface area contributed by atoms with Gasteiger partial charge in [-0.05, 0) is 12.1 Å². The van der Waals surface area contributed by atoms with Crippen LogP contribution in [0.3, 0.4) is 0 Å². The van der Waals surface area contributed by atoms with Gasteiger partial charge in [-0.25, -0.2) is 8.42 Å². The summed E-state index contributed by atoms with van der Waals surface area (Å²) < 4.78 is 61.4. The second-order valence-corrected chi connectivity index (χ2v) is 6.45. The summed E-state index contributed by atoms with van der Waals surface area (Å²) in [6.07, 6.45) is -3.07. The van der Waals surface area contributed by atoms with Crippen molar-refractivity contribution in [2.75, 3.05) is 24.7 Å². The molecule has 0 N–H and O–H groups in total. The van der Waals surface area contributed by atoms with E-state index in [4.69, 9.17) is 0 Å². The van der Waals surface area contributed by atoms with E-state index in [1.54, 1.807) is 30.3 Å². The van der Waals surface area contributed by atoms with Crippen LogP contribution < -0.4 is 4.90 Å². The Bertz CT molecular complexity index is 556. The van der Waals surface area contributed by atoms with Crippen molar-refractivity contribution in [3.63, 3.8) is 0 Å². The van der Waals surface area contributed by atoms with Crippen LogP contribution >= 0.6 is 0 Å². The molecule has 4 nitrogen and oxygen atoms in total. The van der Waals surface area contributed by atoms with E-state index < -0.39 is 27.8 Å². The molecule has 0 aliphatic rings.